The SMILES string of the molecule is C[N+]1(C)CCCC1.[F-]. The molecule has 0 N–H and O–H groups in total. The third kappa shape index (κ3) is 1.78. The molecule has 0 aromatic rings. The average molecular weight is 119 g/mol. The summed E-state index contributed by atoms with van der Waals surface area (Å²) in [5.74, 6) is 0. The quantitative estimate of drug-likeness (QED) is 0.319. The molecule has 1 aliphatic rings. The zero-order chi connectivity index (χ0) is 5.33. The molecule has 0 unspecified atom stereocenters. The van der Waals surface area contributed by atoms with Gasteiger partial charge in [-0.3, -0.25) is 0 Å². The van der Waals surface area contributed by atoms with Gasteiger partial charge in [-0.2, -0.15) is 0 Å². The molecule has 1 nitrogen and oxygen atoms in total. The largest absolute Gasteiger partial charge is 1.00 e. The van der Waals surface area contributed by atoms with Crippen LogP contribution in [0.2, 0.25) is 0 Å². The molecule has 0 bridgehead atoms. The van der Waals surface area contributed by atoms with Crippen molar-refractivity contribution in [3.8, 4) is 0 Å². The monoisotopic (exact) mass is 119 g/mol. The van der Waals surface area contributed by atoms with Crippen LogP contribution in [0.4, 0.5) is 0 Å². The molecular formula is C6H14FN. The van der Waals surface area contributed by atoms with Crippen molar-refractivity contribution < 1.29 is 9.19 Å². The molecule has 0 amide bonds. The Hall–Kier alpha value is -0.110. The summed E-state index contributed by atoms with van der Waals surface area (Å²) in [5.41, 5.74) is 0. The summed E-state index contributed by atoms with van der Waals surface area (Å²) in [4.78, 5) is 0. The summed E-state index contributed by atoms with van der Waals surface area (Å²) < 4.78 is 1.25. The fourth-order valence-electron chi connectivity index (χ4n) is 1.19. The highest BCUT2D eigenvalue weighted by atomic mass is 19.0. The van der Waals surface area contributed by atoms with Crippen molar-refractivity contribution in [2.75, 3.05) is 27.2 Å². The van der Waals surface area contributed by atoms with E-state index in [9.17, 15) is 0 Å². The Morgan fingerprint density at radius 2 is 1.38 bits per heavy atom. The van der Waals surface area contributed by atoms with Crippen molar-refractivity contribution in [1.82, 2.24) is 0 Å². The van der Waals surface area contributed by atoms with Gasteiger partial charge in [-0.25, -0.2) is 0 Å². The first-order valence-electron chi connectivity index (χ1n) is 3.03. The highest BCUT2D eigenvalue weighted by molar-refractivity contribution is 4.46. The zero-order valence-corrected chi connectivity index (χ0v) is 5.65. The third-order valence-corrected chi connectivity index (χ3v) is 1.78. The van der Waals surface area contributed by atoms with E-state index < -0.39 is 0 Å². The lowest BCUT2D eigenvalue weighted by Crippen LogP contribution is -3.00. The van der Waals surface area contributed by atoms with E-state index in [-0.39, 0.29) is 4.70 Å². The van der Waals surface area contributed by atoms with Crippen LogP contribution >= 0.6 is 0 Å². The van der Waals surface area contributed by atoms with Crippen LogP contribution in [-0.2, 0) is 0 Å². The Kier molecular flexibility index (Phi) is 2.41. The van der Waals surface area contributed by atoms with E-state index in [1.54, 1.807) is 0 Å². The number of hydrogen-bond acceptors (Lipinski definition) is 0. The molecule has 8 heavy (non-hydrogen) atoms. The predicted molar refractivity (Wildman–Crippen MR) is 31.1 cm³/mol. The van der Waals surface area contributed by atoms with E-state index in [0.29, 0.717) is 0 Å². The normalized spacial score (nSPS) is 24.8. The fourth-order valence-corrected chi connectivity index (χ4v) is 1.19. The van der Waals surface area contributed by atoms with Crippen LogP contribution in [0.3, 0.4) is 0 Å². The number of hydrogen-bond donors (Lipinski definition) is 0. The first-order valence-corrected chi connectivity index (χ1v) is 3.03. The molecule has 0 aromatic heterocycles. The molecule has 0 saturated carbocycles. The lowest BCUT2D eigenvalue weighted by Gasteiger charge is -2.21. The number of nitrogens with zero attached hydrogens (tertiary/aromatic N) is 1. The topological polar surface area (TPSA) is 0 Å². The second-order valence-corrected chi connectivity index (χ2v) is 3.09. The molecule has 0 atom stereocenters. The lowest BCUT2D eigenvalue weighted by atomic mass is 10.4. The number of quaternary nitrogens is 1. The van der Waals surface area contributed by atoms with Crippen LogP contribution in [0.15, 0.2) is 0 Å². The molecule has 0 radical (unpaired) electrons. The van der Waals surface area contributed by atoms with Gasteiger partial charge in [-0.1, -0.05) is 0 Å². The number of rotatable bonds is 0. The highest BCUT2D eigenvalue weighted by Crippen LogP contribution is 2.11. The number of likely N-dealkylation sites (tertiary alicyclic amines) is 1. The molecule has 0 aromatic carbocycles. The molecule has 2 heteroatoms. The molecule has 1 aliphatic heterocycles. The Bertz CT molecular complexity index is 62.9. The zero-order valence-electron chi connectivity index (χ0n) is 5.65. The molecular weight excluding hydrogens is 105 g/mol. The fraction of sp³-hybridized carbons (Fsp3) is 1.00. The Morgan fingerprint density at radius 1 is 1.00 bits per heavy atom. The van der Waals surface area contributed by atoms with E-state index in [1.165, 1.54) is 30.4 Å². The van der Waals surface area contributed by atoms with Gasteiger partial charge in [0.1, 0.15) is 0 Å². The molecule has 1 heterocycles. The maximum absolute atomic E-state index is 2.30. The van der Waals surface area contributed by atoms with Gasteiger partial charge >= 0.3 is 0 Å². The van der Waals surface area contributed by atoms with Gasteiger partial charge in [0, 0.05) is 12.8 Å². The molecule has 1 fully saturated rings. The van der Waals surface area contributed by atoms with E-state index in [2.05, 4.69) is 14.1 Å². The summed E-state index contributed by atoms with van der Waals surface area (Å²) in [7, 11) is 4.60. The van der Waals surface area contributed by atoms with Crippen molar-refractivity contribution in [2.24, 2.45) is 0 Å². The van der Waals surface area contributed by atoms with Crippen LogP contribution < -0.4 is 4.70 Å². The first-order chi connectivity index (χ1) is 3.21. The van der Waals surface area contributed by atoms with E-state index in [4.69, 9.17) is 0 Å². The van der Waals surface area contributed by atoms with Gasteiger partial charge in [0.25, 0.3) is 0 Å². The smallest absolute Gasteiger partial charge is 0.0784 e. The van der Waals surface area contributed by atoms with E-state index >= 15 is 0 Å². The number of halogens is 1. The van der Waals surface area contributed by atoms with Gasteiger partial charge < -0.3 is 9.19 Å². The van der Waals surface area contributed by atoms with E-state index in [1.807, 2.05) is 0 Å². The average Bonchev–Trinajstić information content (AvgIpc) is 1.84. The Labute approximate surface area is 50.3 Å². The minimum Gasteiger partial charge on any atom is -1.00 e. The standard InChI is InChI=1S/C6H14N.FH/c1-7(2)5-3-4-6-7;/h3-6H2,1-2H3;1H/q+1;/p-1. The summed E-state index contributed by atoms with van der Waals surface area (Å²) in [6, 6.07) is 0. The van der Waals surface area contributed by atoms with Crippen LogP contribution in [-0.4, -0.2) is 31.7 Å². The minimum atomic E-state index is 0. The summed E-state index contributed by atoms with van der Waals surface area (Å²) in [6.07, 6.45) is 2.88. The minimum absolute atomic E-state index is 0. The molecule has 0 spiro atoms. The summed E-state index contributed by atoms with van der Waals surface area (Å²) in [6.45, 7) is 2.78. The van der Waals surface area contributed by atoms with Crippen molar-refractivity contribution in [3.05, 3.63) is 0 Å². The van der Waals surface area contributed by atoms with Crippen molar-refractivity contribution in [1.29, 1.82) is 0 Å². The predicted octanol–water partition coefficient (Wildman–Crippen LogP) is -2.14. The van der Waals surface area contributed by atoms with Crippen LogP contribution in [0.5, 0.6) is 0 Å². The van der Waals surface area contributed by atoms with Gasteiger partial charge in [0.15, 0.2) is 0 Å². The Balaban J connectivity index is 0.000000490. The van der Waals surface area contributed by atoms with Crippen LogP contribution in [0.1, 0.15) is 12.8 Å². The first kappa shape index (κ1) is 7.89. The molecule has 0 aliphatic carbocycles. The van der Waals surface area contributed by atoms with Crippen molar-refractivity contribution in [2.45, 2.75) is 12.8 Å². The second kappa shape index (κ2) is 2.44. The summed E-state index contributed by atoms with van der Waals surface area (Å²) >= 11 is 0. The highest BCUT2D eigenvalue weighted by Gasteiger charge is 2.19. The van der Waals surface area contributed by atoms with Gasteiger partial charge in [0.05, 0.1) is 27.2 Å². The van der Waals surface area contributed by atoms with E-state index in [0.717, 1.165) is 0 Å². The molecule has 50 valence electrons. The maximum atomic E-state index is 2.30. The maximum Gasteiger partial charge on any atom is 0.0784 e. The van der Waals surface area contributed by atoms with Crippen molar-refractivity contribution >= 4 is 0 Å². The lowest BCUT2D eigenvalue weighted by molar-refractivity contribution is -0.877. The Morgan fingerprint density at radius 3 is 1.50 bits per heavy atom. The van der Waals surface area contributed by atoms with Gasteiger partial charge in [-0.15, -0.1) is 0 Å². The molecule has 1 rings (SSSR count). The summed E-state index contributed by atoms with van der Waals surface area (Å²) in [5, 5.41) is 0. The van der Waals surface area contributed by atoms with Crippen molar-refractivity contribution in [3.63, 3.8) is 0 Å². The molecule has 1 saturated heterocycles. The van der Waals surface area contributed by atoms with Gasteiger partial charge in [-0.05, 0) is 0 Å². The second-order valence-electron chi connectivity index (χ2n) is 3.09. The van der Waals surface area contributed by atoms with Crippen LogP contribution in [0.25, 0.3) is 0 Å². The van der Waals surface area contributed by atoms with Gasteiger partial charge in [0.2, 0.25) is 0 Å². The van der Waals surface area contributed by atoms with Crippen LogP contribution in [0, 0.1) is 0 Å². The third-order valence-electron chi connectivity index (χ3n) is 1.78.